The molecule has 0 aliphatic carbocycles. The molecule has 1 aliphatic heterocycles. The third-order valence-electron chi connectivity index (χ3n) is 5.80. The predicted molar refractivity (Wildman–Crippen MR) is 132 cm³/mol. The lowest BCUT2D eigenvalue weighted by Crippen LogP contribution is -2.62. The van der Waals surface area contributed by atoms with E-state index in [1.165, 1.54) is 0 Å². The van der Waals surface area contributed by atoms with Gasteiger partial charge < -0.3 is 21.1 Å². The van der Waals surface area contributed by atoms with Crippen molar-refractivity contribution in [1.82, 2.24) is 10.6 Å². The summed E-state index contributed by atoms with van der Waals surface area (Å²) in [5.41, 5.74) is 6.48. The van der Waals surface area contributed by atoms with Gasteiger partial charge in [-0.3, -0.25) is 9.59 Å². The fourth-order valence-electron chi connectivity index (χ4n) is 4.79. The Kier molecular flexibility index (Phi) is 7.54. The van der Waals surface area contributed by atoms with Crippen molar-refractivity contribution in [1.29, 1.82) is 5.26 Å². The number of nitrogens with two attached hydrogens (primary N) is 1. The van der Waals surface area contributed by atoms with Crippen molar-refractivity contribution in [2.45, 2.75) is 70.5 Å². The normalized spacial score (nSPS) is 16.9. The van der Waals surface area contributed by atoms with Crippen LogP contribution < -0.4 is 21.1 Å². The van der Waals surface area contributed by atoms with E-state index in [1.54, 1.807) is 36.4 Å². The molecule has 7 nitrogen and oxygen atoms in total. The number of halogens is 1. The van der Waals surface area contributed by atoms with Crippen molar-refractivity contribution >= 4 is 23.4 Å². The molecule has 2 amide bonds. The predicted octanol–water partition coefficient (Wildman–Crippen LogP) is 4.46. The van der Waals surface area contributed by atoms with Crippen LogP contribution in [0.15, 0.2) is 36.4 Å². The first-order valence-corrected chi connectivity index (χ1v) is 11.6. The number of carbonyl (C=O) groups is 2. The van der Waals surface area contributed by atoms with E-state index in [1.807, 2.05) is 0 Å². The van der Waals surface area contributed by atoms with Gasteiger partial charge in [0.05, 0.1) is 10.6 Å². The van der Waals surface area contributed by atoms with Gasteiger partial charge in [-0.1, -0.05) is 23.7 Å². The van der Waals surface area contributed by atoms with Crippen LogP contribution in [0.2, 0.25) is 5.02 Å². The fraction of sp³-hybridized carbons (Fsp3) is 0.423. The number of piperidine rings is 1. The van der Waals surface area contributed by atoms with E-state index in [4.69, 9.17) is 22.1 Å². The highest BCUT2D eigenvalue weighted by atomic mass is 35.5. The Balaban J connectivity index is 1.75. The molecular weight excluding hydrogens is 452 g/mol. The van der Waals surface area contributed by atoms with Gasteiger partial charge in [0.1, 0.15) is 17.6 Å². The van der Waals surface area contributed by atoms with Crippen molar-refractivity contribution in [3.8, 4) is 17.6 Å². The van der Waals surface area contributed by atoms with Crippen LogP contribution in [0.25, 0.3) is 0 Å². The largest absolute Gasteiger partial charge is 0.454 e. The number of primary amides is 1. The molecule has 1 fully saturated rings. The van der Waals surface area contributed by atoms with Gasteiger partial charge in [0.15, 0.2) is 0 Å². The van der Waals surface area contributed by atoms with Gasteiger partial charge in [0.25, 0.3) is 5.91 Å². The Bertz CT molecular complexity index is 1120. The van der Waals surface area contributed by atoms with Crippen molar-refractivity contribution in [3.05, 3.63) is 58.1 Å². The van der Waals surface area contributed by atoms with Crippen LogP contribution in [0.3, 0.4) is 0 Å². The first-order chi connectivity index (χ1) is 15.9. The molecule has 1 heterocycles. The Labute approximate surface area is 205 Å². The maximum absolute atomic E-state index is 12.9. The Morgan fingerprint density at radius 3 is 2.44 bits per heavy atom. The third-order valence-corrected chi connectivity index (χ3v) is 6.10. The molecular formula is C26H31ClN4O3. The van der Waals surface area contributed by atoms with Crippen molar-refractivity contribution in [3.63, 3.8) is 0 Å². The first kappa shape index (κ1) is 25.5. The number of amides is 2. The molecule has 8 heteroatoms. The van der Waals surface area contributed by atoms with Gasteiger partial charge in [0.2, 0.25) is 5.91 Å². The molecule has 4 N–H and O–H groups in total. The zero-order valence-corrected chi connectivity index (χ0v) is 20.8. The molecule has 3 rings (SSSR count). The number of rotatable bonds is 7. The number of hydrogen-bond donors (Lipinski definition) is 3. The SMILES string of the molecule is CC1(C)CC(NC(=O)c2ccc(Oc3cccc(CCC(N)=O)c3C#N)c(Cl)c2)CC(C)(C)N1. The fourth-order valence-corrected chi connectivity index (χ4v) is 5.01. The molecule has 1 aliphatic rings. The molecule has 0 atom stereocenters. The highest BCUT2D eigenvalue weighted by Crippen LogP contribution is 2.34. The summed E-state index contributed by atoms with van der Waals surface area (Å²) in [6.45, 7) is 8.53. The van der Waals surface area contributed by atoms with Crippen LogP contribution in [0.4, 0.5) is 0 Å². The number of nitrogens with zero attached hydrogens (tertiary/aromatic N) is 1. The number of aryl methyl sites for hydroxylation is 1. The lowest BCUT2D eigenvalue weighted by Gasteiger charge is -2.46. The second-order valence-corrected chi connectivity index (χ2v) is 10.5. The summed E-state index contributed by atoms with van der Waals surface area (Å²) in [6.07, 6.45) is 2.11. The number of nitrogens with one attached hydrogen (secondary N) is 2. The molecule has 0 bridgehead atoms. The van der Waals surface area contributed by atoms with Crippen LogP contribution in [0.1, 0.15) is 68.4 Å². The summed E-state index contributed by atoms with van der Waals surface area (Å²) < 4.78 is 5.91. The van der Waals surface area contributed by atoms with Gasteiger partial charge in [0, 0.05) is 29.1 Å². The minimum atomic E-state index is -0.441. The topological polar surface area (TPSA) is 117 Å². The molecule has 0 saturated carbocycles. The highest BCUT2D eigenvalue weighted by molar-refractivity contribution is 6.32. The van der Waals surface area contributed by atoms with E-state index in [9.17, 15) is 14.9 Å². The van der Waals surface area contributed by atoms with Crippen LogP contribution in [0.5, 0.6) is 11.5 Å². The van der Waals surface area contributed by atoms with Gasteiger partial charge in [-0.05, 0) is 76.8 Å². The smallest absolute Gasteiger partial charge is 0.251 e. The van der Waals surface area contributed by atoms with Crippen molar-refractivity contribution in [2.24, 2.45) is 5.73 Å². The number of ether oxygens (including phenoxy) is 1. The highest BCUT2D eigenvalue weighted by Gasteiger charge is 2.38. The van der Waals surface area contributed by atoms with E-state index in [0.717, 1.165) is 12.8 Å². The second kappa shape index (κ2) is 10.0. The van der Waals surface area contributed by atoms with E-state index < -0.39 is 5.91 Å². The lowest BCUT2D eigenvalue weighted by atomic mass is 9.79. The molecule has 34 heavy (non-hydrogen) atoms. The minimum Gasteiger partial charge on any atom is -0.454 e. The zero-order valence-electron chi connectivity index (χ0n) is 20.0. The summed E-state index contributed by atoms with van der Waals surface area (Å²) in [5.74, 6) is 0.00971. The van der Waals surface area contributed by atoms with Crippen LogP contribution in [-0.4, -0.2) is 28.9 Å². The summed E-state index contributed by atoms with van der Waals surface area (Å²) in [6, 6.07) is 12.1. The summed E-state index contributed by atoms with van der Waals surface area (Å²) >= 11 is 6.44. The maximum atomic E-state index is 12.9. The van der Waals surface area contributed by atoms with Crippen molar-refractivity contribution in [2.75, 3.05) is 0 Å². The molecule has 2 aromatic carbocycles. The lowest BCUT2D eigenvalue weighted by molar-refractivity contribution is -0.118. The summed E-state index contributed by atoms with van der Waals surface area (Å²) in [4.78, 5) is 24.0. The molecule has 0 spiro atoms. The molecule has 0 aromatic heterocycles. The molecule has 0 radical (unpaired) electrons. The number of hydrogen-bond acceptors (Lipinski definition) is 5. The van der Waals surface area contributed by atoms with Gasteiger partial charge in [-0.25, -0.2) is 0 Å². The zero-order chi connectivity index (χ0) is 25.1. The molecule has 0 unspecified atom stereocenters. The van der Waals surface area contributed by atoms with E-state index in [2.05, 4.69) is 44.4 Å². The maximum Gasteiger partial charge on any atom is 0.251 e. The Morgan fingerprint density at radius 1 is 1.18 bits per heavy atom. The molecule has 2 aromatic rings. The standard InChI is InChI=1S/C26H31ClN4O3/c1-25(2)13-18(14-26(3,4)31-25)30-24(33)17-8-10-22(20(27)12-17)34-21-7-5-6-16(19(21)15-28)9-11-23(29)32/h5-8,10,12,18,31H,9,11,13-14H2,1-4H3,(H2,29,32)(H,30,33). The molecule has 180 valence electrons. The van der Waals surface area contributed by atoms with Gasteiger partial charge >= 0.3 is 0 Å². The monoisotopic (exact) mass is 482 g/mol. The number of benzene rings is 2. The number of carbonyl (C=O) groups excluding carboxylic acids is 2. The first-order valence-electron chi connectivity index (χ1n) is 11.3. The second-order valence-electron chi connectivity index (χ2n) is 10.1. The Morgan fingerprint density at radius 2 is 1.85 bits per heavy atom. The van der Waals surface area contributed by atoms with Crippen LogP contribution in [-0.2, 0) is 11.2 Å². The van der Waals surface area contributed by atoms with Crippen molar-refractivity contribution < 1.29 is 14.3 Å². The Hall–Kier alpha value is -3.08. The summed E-state index contributed by atoms with van der Waals surface area (Å²) in [7, 11) is 0. The quantitative estimate of drug-likeness (QED) is 0.538. The molecule has 1 saturated heterocycles. The summed E-state index contributed by atoms with van der Waals surface area (Å²) in [5, 5.41) is 16.6. The number of nitriles is 1. The third kappa shape index (κ3) is 6.49. The van der Waals surface area contributed by atoms with E-state index >= 15 is 0 Å². The average Bonchev–Trinajstić information content (AvgIpc) is 2.71. The van der Waals surface area contributed by atoms with Gasteiger partial charge in [-0.15, -0.1) is 0 Å². The minimum absolute atomic E-state index is 0.0368. The van der Waals surface area contributed by atoms with Gasteiger partial charge in [-0.2, -0.15) is 5.26 Å². The van der Waals surface area contributed by atoms with Crippen LogP contribution in [0, 0.1) is 11.3 Å². The average molecular weight is 483 g/mol. The van der Waals surface area contributed by atoms with Crippen LogP contribution >= 0.6 is 11.6 Å². The van der Waals surface area contributed by atoms with E-state index in [-0.39, 0.29) is 34.5 Å². The van der Waals surface area contributed by atoms with E-state index in [0.29, 0.717) is 34.6 Å².